The highest BCUT2D eigenvalue weighted by Crippen LogP contribution is 2.21. The third kappa shape index (κ3) is 3.50. The summed E-state index contributed by atoms with van der Waals surface area (Å²) in [5.74, 6) is 0.384. The number of hydrogen-bond donors (Lipinski definition) is 1. The molecule has 0 aliphatic carbocycles. The van der Waals surface area contributed by atoms with Crippen LogP contribution in [0.1, 0.15) is 12.0 Å². The lowest BCUT2D eigenvalue weighted by Crippen LogP contribution is -2.15. The first-order chi connectivity index (χ1) is 8.06. The number of nitrogens with one attached hydrogen (secondary N) is 1. The van der Waals surface area contributed by atoms with Crippen LogP contribution >= 0.6 is 0 Å². The van der Waals surface area contributed by atoms with Gasteiger partial charge in [0.1, 0.15) is 5.82 Å². The summed E-state index contributed by atoms with van der Waals surface area (Å²) in [5.41, 5.74) is -0.699. The van der Waals surface area contributed by atoms with E-state index in [1.54, 1.807) is 0 Å². The van der Waals surface area contributed by atoms with Crippen molar-refractivity contribution < 1.29 is 13.7 Å². The van der Waals surface area contributed by atoms with Gasteiger partial charge in [-0.1, -0.05) is 0 Å². The standard InChI is InChI=1S/C11H10F2N2O2/c1-2-3-4-14-7-8-5-11(15(16)17)10(13)6-9(8)12/h1,5-6,14H,3-4,7H2. The largest absolute Gasteiger partial charge is 0.312 e. The number of halogens is 2. The van der Waals surface area contributed by atoms with Crippen LogP contribution in [-0.4, -0.2) is 11.5 Å². The predicted octanol–water partition coefficient (Wildman–Crippen LogP) is 1.99. The quantitative estimate of drug-likeness (QED) is 0.370. The lowest BCUT2D eigenvalue weighted by molar-refractivity contribution is -0.387. The van der Waals surface area contributed by atoms with Crippen LogP contribution in [0.15, 0.2) is 12.1 Å². The molecule has 0 atom stereocenters. The molecule has 4 nitrogen and oxygen atoms in total. The van der Waals surface area contributed by atoms with Gasteiger partial charge in [-0.3, -0.25) is 10.1 Å². The molecule has 0 bridgehead atoms. The first-order valence-corrected chi connectivity index (χ1v) is 4.82. The van der Waals surface area contributed by atoms with E-state index < -0.39 is 22.2 Å². The minimum absolute atomic E-state index is 0.0371. The van der Waals surface area contributed by atoms with Crippen LogP contribution in [0.4, 0.5) is 14.5 Å². The minimum atomic E-state index is -1.18. The predicted molar refractivity (Wildman–Crippen MR) is 58.2 cm³/mol. The molecule has 0 heterocycles. The zero-order valence-corrected chi connectivity index (χ0v) is 8.87. The third-order valence-corrected chi connectivity index (χ3v) is 2.07. The van der Waals surface area contributed by atoms with Crippen LogP contribution in [0.25, 0.3) is 0 Å². The Labute approximate surface area is 96.8 Å². The van der Waals surface area contributed by atoms with Crippen LogP contribution in [0, 0.1) is 34.1 Å². The molecule has 1 aromatic carbocycles. The molecule has 0 spiro atoms. The number of nitrogens with zero attached hydrogens (tertiary/aromatic N) is 1. The minimum Gasteiger partial charge on any atom is -0.312 e. The fourth-order valence-electron chi connectivity index (χ4n) is 1.24. The summed E-state index contributed by atoms with van der Waals surface area (Å²) in [6.45, 7) is 0.524. The van der Waals surface area contributed by atoms with Gasteiger partial charge in [-0.15, -0.1) is 12.3 Å². The highest BCUT2D eigenvalue weighted by molar-refractivity contribution is 5.37. The Morgan fingerprint density at radius 2 is 2.12 bits per heavy atom. The van der Waals surface area contributed by atoms with Crippen molar-refractivity contribution in [3.63, 3.8) is 0 Å². The smallest absolute Gasteiger partial charge is 0.305 e. The normalized spacial score (nSPS) is 9.94. The van der Waals surface area contributed by atoms with Gasteiger partial charge in [-0.05, 0) is 0 Å². The fourth-order valence-corrected chi connectivity index (χ4v) is 1.24. The van der Waals surface area contributed by atoms with E-state index in [4.69, 9.17) is 6.42 Å². The first kappa shape index (κ1) is 13.1. The van der Waals surface area contributed by atoms with E-state index in [0.29, 0.717) is 19.0 Å². The maximum atomic E-state index is 13.3. The summed E-state index contributed by atoms with van der Waals surface area (Å²) in [7, 11) is 0. The molecule has 0 aliphatic rings. The maximum absolute atomic E-state index is 13.3. The Hall–Kier alpha value is -2.00. The summed E-state index contributed by atoms with van der Waals surface area (Å²) >= 11 is 0. The summed E-state index contributed by atoms with van der Waals surface area (Å²) in [5, 5.41) is 13.3. The summed E-state index contributed by atoms with van der Waals surface area (Å²) in [4.78, 5) is 9.57. The summed E-state index contributed by atoms with van der Waals surface area (Å²) < 4.78 is 26.3. The zero-order valence-electron chi connectivity index (χ0n) is 8.87. The van der Waals surface area contributed by atoms with E-state index in [2.05, 4.69) is 11.2 Å². The SMILES string of the molecule is C#CCCNCc1cc([N+](=O)[O-])c(F)cc1F. The Bertz CT molecular complexity index is 469. The van der Waals surface area contributed by atoms with E-state index in [1.165, 1.54) is 0 Å². The molecule has 0 aliphatic heterocycles. The zero-order chi connectivity index (χ0) is 12.8. The van der Waals surface area contributed by atoms with Crippen molar-refractivity contribution in [1.29, 1.82) is 0 Å². The molecular weight excluding hydrogens is 230 g/mol. The second-order valence-electron chi connectivity index (χ2n) is 3.28. The number of nitro benzene ring substituents is 1. The van der Waals surface area contributed by atoms with E-state index in [0.717, 1.165) is 6.07 Å². The van der Waals surface area contributed by atoms with Crippen molar-refractivity contribution in [2.24, 2.45) is 0 Å². The van der Waals surface area contributed by atoms with E-state index >= 15 is 0 Å². The molecule has 1 N–H and O–H groups in total. The number of rotatable bonds is 5. The molecule has 0 aromatic heterocycles. The number of terminal acetylenes is 1. The van der Waals surface area contributed by atoms with Gasteiger partial charge in [0.15, 0.2) is 0 Å². The van der Waals surface area contributed by atoms with Crippen molar-refractivity contribution in [2.75, 3.05) is 6.54 Å². The lowest BCUT2D eigenvalue weighted by atomic mass is 10.1. The topological polar surface area (TPSA) is 55.2 Å². The summed E-state index contributed by atoms with van der Waals surface area (Å²) in [6, 6.07) is 1.39. The van der Waals surface area contributed by atoms with Gasteiger partial charge in [0, 0.05) is 37.2 Å². The van der Waals surface area contributed by atoms with Crippen molar-refractivity contribution in [3.05, 3.63) is 39.4 Å². The third-order valence-electron chi connectivity index (χ3n) is 2.07. The van der Waals surface area contributed by atoms with Crippen molar-refractivity contribution in [1.82, 2.24) is 5.32 Å². The fraction of sp³-hybridized carbons (Fsp3) is 0.273. The van der Waals surface area contributed by atoms with Gasteiger partial charge in [0.05, 0.1) is 4.92 Å². The lowest BCUT2D eigenvalue weighted by Gasteiger charge is -2.05. The molecule has 0 saturated carbocycles. The average Bonchev–Trinajstić information content (AvgIpc) is 2.26. The van der Waals surface area contributed by atoms with Crippen LogP contribution in [0.5, 0.6) is 0 Å². The molecule has 0 fully saturated rings. The highest BCUT2D eigenvalue weighted by atomic mass is 19.1. The highest BCUT2D eigenvalue weighted by Gasteiger charge is 2.17. The van der Waals surface area contributed by atoms with E-state index in [-0.39, 0.29) is 12.1 Å². The molecule has 90 valence electrons. The van der Waals surface area contributed by atoms with Gasteiger partial charge in [0.25, 0.3) is 0 Å². The number of nitro groups is 1. The monoisotopic (exact) mass is 240 g/mol. The Morgan fingerprint density at radius 3 is 2.71 bits per heavy atom. The maximum Gasteiger partial charge on any atom is 0.305 e. The van der Waals surface area contributed by atoms with Gasteiger partial charge in [-0.25, -0.2) is 4.39 Å². The van der Waals surface area contributed by atoms with Crippen molar-refractivity contribution >= 4 is 5.69 Å². The van der Waals surface area contributed by atoms with Gasteiger partial charge in [-0.2, -0.15) is 4.39 Å². The second kappa shape index (κ2) is 5.92. The van der Waals surface area contributed by atoms with Crippen LogP contribution in [-0.2, 0) is 6.54 Å². The van der Waals surface area contributed by atoms with Gasteiger partial charge in [0.2, 0.25) is 5.82 Å². The summed E-state index contributed by atoms with van der Waals surface area (Å²) in [6.07, 6.45) is 5.48. The molecule has 17 heavy (non-hydrogen) atoms. The number of benzene rings is 1. The van der Waals surface area contributed by atoms with Crippen molar-refractivity contribution in [2.45, 2.75) is 13.0 Å². The van der Waals surface area contributed by atoms with Crippen LogP contribution in [0.3, 0.4) is 0 Å². The molecule has 1 rings (SSSR count). The van der Waals surface area contributed by atoms with Crippen molar-refractivity contribution in [3.8, 4) is 12.3 Å². The van der Waals surface area contributed by atoms with Gasteiger partial charge >= 0.3 is 5.69 Å². The molecular formula is C11H10F2N2O2. The number of hydrogen-bond acceptors (Lipinski definition) is 3. The van der Waals surface area contributed by atoms with Gasteiger partial charge < -0.3 is 5.32 Å². The first-order valence-electron chi connectivity index (χ1n) is 4.82. The molecule has 0 saturated heterocycles. The second-order valence-corrected chi connectivity index (χ2v) is 3.28. The molecule has 6 heteroatoms. The Morgan fingerprint density at radius 1 is 1.41 bits per heavy atom. The molecule has 0 amide bonds. The molecule has 0 radical (unpaired) electrons. The Kier molecular flexibility index (Phi) is 4.55. The molecule has 1 aromatic rings. The van der Waals surface area contributed by atoms with E-state index in [1.807, 2.05) is 0 Å². The van der Waals surface area contributed by atoms with Crippen LogP contribution in [0.2, 0.25) is 0 Å². The Balaban J connectivity index is 2.82. The van der Waals surface area contributed by atoms with Crippen LogP contribution < -0.4 is 5.32 Å². The van der Waals surface area contributed by atoms with E-state index in [9.17, 15) is 18.9 Å². The molecule has 0 unspecified atom stereocenters. The average molecular weight is 240 g/mol.